The van der Waals surface area contributed by atoms with Crippen molar-refractivity contribution >= 4 is 0 Å². The average Bonchev–Trinajstić information content (AvgIpc) is 2.91. The van der Waals surface area contributed by atoms with Crippen LogP contribution in [0, 0.1) is 0 Å². The van der Waals surface area contributed by atoms with Crippen LogP contribution in [0.3, 0.4) is 0 Å². The van der Waals surface area contributed by atoms with Crippen LogP contribution in [-0.2, 0) is 13.0 Å². The molecule has 2 N–H and O–H groups in total. The molecule has 2 heterocycles. The zero-order valence-electron chi connectivity index (χ0n) is 19.9. The van der Waals surface area contributed by atoms with E-state index in [4.69, 9.17) is 4.74 Å². The van der Waals surface area contributed by atoms with Crippen LogP contribution in [0.5, 0.6) is 5.75 Å². The van der Waals surface area contributed by atoms with Crippen LogP contribution in [0.1, 0.15) is 53.5 Å². The first-order chi connectivity index (χ1) is 16.8. The zero-order valence-corrected chi connectivity index (χ0v) is 19.9. The molecule has 0 spiro atoms. The van der Waals surface area contributed by atoms with Crippen molar-refractivity contribution in [2.24, 2.45) is 0 Å². The standard InChI is InChI=1S/C30H36N2O2/c33-21-30-29-12-11-28(34-22-23-7-3-1-4-8-23)20-26(29)19-27(31-30)15-18-32-16-13-25(14-17-32)24-9-5-2-6-10-24/h1-12,20,25,27,30-31,33H,13-19,21-22H2. The predicted molar refractivity (Wildman–Crippen MR) is 137 cm³/mol. The van der Waals surface area contributed by atoms with E-state index in [0.717, 1.165) is 25.1 Å². The van der Waals surface area contributed by atoms with E-state index in [9.17, 15) is 5.11 Å². The number of piperidine rings is 1. The minimum Gasteiger partial charge on any atom is -0.489 e. The van der Waals surface area contributed by atoms with Crippen molar-refractivity contribution in [2.45, 2.75) is 50.3 Å². The molecule has 2 atom stereocenters. The Hall–Kier alpha value is -2.66. The molecule has 2 unspecified atom stereocenters. The van der Waals surface area contributed by atoms with E-state index in [2.05, 4.69) is 64.8 Å². The Kier molecular flexibility index (Phi) is 7.59. The molecule has 0 radical (unpaired) electrons. The highest BCUT2D eigenvalue weighted by Gasteiger charge is 2.27. The fraction of sp³-hybridized carbons (Fsp3) is 0.400. The number of aliphatic hydroxyl groups excluding tert-OH is 1. The molecule has 0 aliphatic carbocycles. The summed E-state index contributed by atoms with van der Waals surface area (Å²) in [6, 6.07) is 27.9. The molecule has 1 fully saturated rings. The molecule has 5 rings (SSSR count). The van der Waals surface area contributed by atoms with Gasteiger partial charge in [-0.25, -0.2) is 0 Å². The van der Waals surface area contributed by atoms with E-state index in [1.54, 1.807) is 0 Å². The fourth-order valence-electron chi connectivity index (χ4n) is 5.52. The number of rotatable bonds is 8. The van der Waals surface area contributed by atoms with Gasteiger partial charge in [-0.3, -0.25) is 0 Å². The molecule has 178 valence electrons. The summed E-state index contributed by atoms with van der Waals surface area (Å²) in [6.07, 6.45) is 4.56. The van der Waals surface area contributed by atoms with Gasteiger partial charge < -0.3 is 20.1 Å². The van der Waals surface area contributed by atoms with E-state index in [1.807, 2.05) is 24.3 Å². The van der Waals surface area contributed by atoms with E-state index in [1.165, 1.54) is 48.2 Å². The van der Waals surface area contributed by atoms with Gasteiger partial charge in [0.25, 0.3) is 0 Å². The average molecular weight is 457 g/mol. The maximum atomic E-state index is 10.0. The summed E-state index contributed by atoms with van der Waals surface area (Å²) in [6.45, 7) is 4.14. The number of ether oxygens (including phenoxy) is 1. The van der Waals surface area contributed by atoms with Crippen molar-refractivity contribution in [3.63, 3.8) is 0 Å². The Labute approximate surface area is 203 Å². The highest BCUT2D eigenvalue weighted by molar-refractivity contribution is 5.40. The molecule has 4 heteroatoms. The van der Waals surface area contributed by atoms with Crippen molar-refractivity contribution < 1.29 is 9.84 Å². The van der Waals surface area contributed by atoms with Gasteiger partial charge >= 0.3 is 0 Å². The van der Waals surface area contributed by atoms with Crippen LogP contribution < -0.4 is 10.1 Å². The first-order valence-corrected chi connectivity index (χ1v) is 12.7. The van der Waals surface area contributed by atoms with E-state index in [0.29, 0.717) is 18.6 Å². The summed E-state index contributed by atoms with van der Waals surface area (Å²) in [7, 11) is 0. The summed E-state index contributed by atoms with van der Waals surface area (Å²) in [4.78, 5) is 2.62. The van der Waals surface area contributed by atoms with Crippen LogP contribution in [0.4, 0.5) is 0 Å². The molecule has 0 aromatic heterocycles. The number of hydrogen-bond donors (Lipinski definition) is 2. The molecule has 4 nitrogen and oxygen atoms in total. The second-order valence-electron chi connectivity index (χ2n) is 9.75. The number of aliphatic hydroxyl groups is 1. The van der Waals surface area contributed by atoms with E-state index < -0.39 is 0 Å². The predicted octanol–water partition coefficient (Wildman–Crippen LogP) is 5.08. The number of likely N-dealkylation sites (tertiary alicyclic amines) is 1. The summed E-state index contributed by atoms with van der Waals surface area (Å²) in [5.41, 5.74) is 5.17. The SMILES string of the molecule is OCC1NC(CCN2CCC(c3ccccc3)CC2)Cc2cc(OCc3ccccc3)ccc21. The Bertz CT molecular complexity index is 1030. The minimum absolute atomic E-state index is 0.000685. The lowest BCUT2D eigenvalue weighted by Crippen LogP contribution is -2.43. The molecule has 3 aromatic rings. The van der Waals surface area contributed by atoms with Gasteiger partial charge in [0.15, 0.2) is 0 Å². The third kappa shape index (κ3) is 5.69. The molecule has 2 aliphatic rings. The van der Waals surface area contributed by atoms with Crippen LogP contribution in [0.2, 0.25) is 0 Å². The van der Waals surface area contributed by atoms with Gasteiger partial charge in [0.1, 0.15) is 12.4 Å². The smallest absolute Gasteiger partial charge is 0.120 e. The van der Waals surface area contributed by atoms with Crippen molar-refractivity contribution in [2.75, 3.05) is 26.2 Å². The molecule has 0 saturated carbocycles. The van der Waals surface area contributed by atoms with Gasteiger partial charge in [0.05, 0.1) is 12.6 Å². The fourth-order valence-corrected chi connectivity index (χ4v) is 5.52. The highest BCUT2D eigenvalue weighted by atomic mass is 16.5. The van der Waals surface area contributed by atoms with Gasteiger partial charge in [-0.1, -0.05) is 66.7 Å². The third-order valence-corrected chi connectivity index (χ3v) is 7.48. The monoisotopic (exact) mass is 456 g/mol. The molecule has 2 aliphatic heterocycles. The second kappa shape index (κ2) is 11.2. The second-order valence-corrected chi connectivity index (χ2v) is 9.75. The summed E-state index contributed by atoms with van der Waals surface area (Å²) < 4.78 is 6.07. The topological polar surface area (TPSA) is 44.7 Å². The quantitative estimate of drug-likeness (QED) is 0.496. The van der Waals surface area contributed by atoms with Gasteiger partial charge in [-0.05, 0) is 85.6 Å². The van der Waals surface area contributed by atoms with Crippen molar-refractivity contribution in [1.29, 1.82) is 0 Å². The van der Waals surface area contributed by atoms with Crippen molar-refractivity contribution in [1.82, 2.24) is 10.2 Å². The Morgan fingerprint density at radius 1 is 0.912 bits per heavy atom. The number of hydrogen-bond acceptors (Lipinski definition) is 4. The van der Waals surface area contributed by atoms with Crippen LogP contribution in [0.15, 0.2) is 78.9 Å². The first kappa shape index (κ1) is 23.1. The van der Waals surface area contributed by atoms with Crippen molar-refractivity contribution in [3.8, 4) is 5.75 Å². The molecule has 1 saturated heterocycles. The van der Waals surface area contributed by atoms with Gasteiger partial charge in [0.2, 0.25) is 0 Å². The Morgan fingerprint density at radius 2 is 1.65 bits per heavy atom. The van der Waals surface area contributed by atoms with E-state index >= 15 is 0 Å². The number of fused-ring (bicyclic) bond motifs is 1. The van der Waals surface area contributed by atoms with Crippen LogP contribution in [-0.4, -0.2) is 42.3 Å². The lowest BCUT2D eigenvalue weighted by atomic mass is 9.88. The summed E-state index contributed by atoms with van der Waals surface area (Å²) in [5, 5.41) is 13.7. The minimum atomic E-state index is 0.000685. The normalized spacial score (nSPS) is 21.2. The third-order valence-electron chi connectivity index (χ3n) is 7.48. The molecular weight excluding hydrogens is 420 g/mol. The van der Waals surface area contributed by atoms with Gasteiger partial charge in [-0.2, -0.15) is 0 Å². The van der Waals surface area contributed by atoms with Crippen LogP contribution in [0.25, 0.3) is 0 Å². The van der Waals surface area contributed by atoms with Gasteiger partial charge in [-0.15, -0.1) is 0 Å². The number of nitrogens with zero attached hydrogens (tertiary/aromatic N) is 1. The summed E-state index contributed by atoms with van der Waals surface area (Å²) in [5.74, 6) is 1.60. The Balaban J connectivity index is 1.15. The summed E-state index contributed by atoms with van der Waals surface area (Å²) >= 11 is 0. The van der Waals surface area contributed by atoms with E-state index in [-0.39, 0.29) is 12.6 Å². The zero-order chi connectivity index (χ0) is 23.2. The van der Waals surface area contributed by atoms with Crippen LogP contribution >= 0.6 is 0 Å². The molecule has 34 heavy (non-hydrogen) atoms. The molecule has 0 bridgehead atoms. The molecule has 3 aromatic carbocycles. The lowest BCUT2D eigenvalue weighted by Gasteiger charge is -2.36. The maximum Gasteiger partial charge on any atom is 0.120 e. The lowest BCUT2D eigenvalue weighted by molar-refractivity contribution is 0.186. The highest BCUT2D eigenvalue weighted by Crippen LogP contribution is 2.31. The molecular formula is C30H36N2O2. The first-order valence-electron chi connectivity index (χ1n) is 12.7. The maximum absolute atomic E-state index is 10.0. The van der Waals surface area contributed by atoms with Crippen molar-refractivity contribution in [3.05, 3.63) is 101 Å². The Morgan fingerprint density at radius 3 is 2.38 bits per heavy atom. The number of benzene rings is 3. The number of nitrogens with one attached hydrogen (secondary N) is 1. The largest absolute Gasteiger partial charge is 0.489 e. The van der Waals surface area contributed by atoms with Gasteiger partial charge in [0, 0.05) is 6.04 Å². The molecule has 0 amide bonds.